The fourth-order valence-corrected chi connectivity index (χ4v) is 1.97. The van der Waals surface area contributed by atoms with Crippen molar-refractivity contribution in [3.8, 4) is 11.1 Å². The number of hydrogen-bond donors (Lipinski definition) is 0. The van der Waals surface area contributed by atoms with Crippen LogP contribution in [0.3, 0.4) is 0 Å². The molecule has 94 valence electrons. The van der Waals surface area contributed by atoms with Crippen molar-refractivity contribution in [1.82, 2.24) is 4.90 Å². The third-order valence-corrected chi connectivity index (χ3v) is 3.33. The lowest BCUT2D eigenvalue weighted by molar-refractivity contribution is 0.346. The van der Waals surface area contributed by atoms with E-state index in [4.69, 9.17) is 0 Å². The van der Waals surface area contributed by atoms with Crippen molar-refractivity contribution in [3.63, 3.8) is 0 Å². The van der Waals surface area contributed by atoms with Crippen molar-refractivity contribution in [1.29, 1.82) is 0 Å². The molecule has 0 bridgehead atoms. The normalized spacial score (nSPS) is 10.9. The Morgan fingerprint density at radius 1 is 0.833 bits per heavy atom. The maximum atomic E-state index is 2.31. The van der Waals surface area contributed by atoms with Crippen LogP contribution in [0.4, 0.5) is 0 Å². The molecule has 0 amide bonds. The molecule has 1 heteroatoms. The predicted molar refractivity (Wildman–Crippen MR) is 78.6 cm³/mol. The molecular weight excluding hydrogens is 218 g/mol. The van der Waals surface area contributed by atoms with Gasteiger partial charge in [-0.15, -0.1) is 0 Å². The average molecular weight is 239 g/mol. The molecule has 0 unspecified atom stereocenters. The van der Waals surface area contributed by atoms with Gasteiger partial charge in [0.1, 0.15) is 0 Å². The van der Waals surface area contributed by atoms with Gasteiger partial charge in [0.05, 0.1) is 0 Å². The summed E-state index contributed by atoms with van der Waals surface area (Å²) in [7, 11) is 2.15. The van der Waals surface area contributed by atoms with Crippen LogP contribution >= 0.6 is 0 Å². The number of nitrogens with zero attached hydrogens (tertiary/aromatic N) is 1. The van der Waals surface area contributed by atoms with Crippen molar-refractivity contribution in [2.75, 3.05) is 13.6 Å². The van der Waals surface area contributed by atoms with Crippen molar-refractivity contribution in [3.05, 3.63) is 59.7 Å². The molecule has 1 nitrogen and oxygen atoms in total. The van der Waals surface area contributed by atoms with Gasteiger partial charge >= 0.3 is 0 Å². The summed E-state index contributed by atoms with van der Waals surface area (Å²) in [6, 6.07) is 17.6. The van der Waals surface area contributed by atoms with E-state index >= 15 is 0 Å². The zero-order valence-electron chi connectivity index (χ0n) is 11.5. The number of benzene rings is 2. The number of rotatable bonds is 4. The number of aryl methyl sites for hydroxylation is 1. The minimum atomic E-state index is 1.02. The second-order valence-corrected chi connectivity index (χ2v) is 4.89. The van der Waals surface area contributed by atoms with Crippen LogP contribution in [0.5, 0.6) is 0 Å². The summed E-state index contributed by atoms with van der Waals surface area (Å²) < 4.78 is 0. The second-order valence-electron chi connectivity index (χ2n) is 4.89. The molecule has 2 rings (SSSR count). The zero-order valence-corrected chi connectivity index (χ0v) is 11.5. The van der Waals surface area contributed by atoms with Gasteiger partial charge in [-0.2, -0.15) is 0 Å². The maximum Gasteiger partial charge on any atom is 0.0230 e. The van der Waals surface area contributed by atoms with E-state index in [-0.39, 0.29) is 0 Å². The van der Waals surface area contributed by atoms with Crippen LogP contribution in [0.2, 0.25) is 0 Å². The molecule has 0 saturated carbocycles. The Bertz CT molecular complexity index is 482. The molecule has 2 aromatic carbocycles. The highest BCUT2D eigenvalue weighted by Gasteiger charge is 2.00. The molecule has 18 heavy (non-hydrogen) atoms. The first kappa shape index (κ1) is 12.8. The summed E-state index contributed by atoms with van der Waals surface area (Å²) in [5.41, 5.74) is 5.25. The Morgan fingerprint density at radius 2 is 1.33 bits per heavy atom. The molecule has 0 spiro atoms. The van der Waals surface area contributed by atoms with Crippen molar-refractivity contribution >= 4 is 0 Å². The SMILES string of the molecule is CCN(C)Cc1ccc(-c2ccc(C)cc2)cc1. The highest BCUT2D eigenvalue weighted by molar-refractivity contribution is 5.63. The van der Waals surface area contributed by atoms with Crippen LogP contribution in [0.1, 0.15) is 18.1 Å². The predicted octanol–water partition coefficient (Wildman–Crippen LogP) is 4.11. The Morgan fingerprint density at radius 3 is 1.83 bits per heavy atom. The van der Waals surface area contributed by atoms with E-state index in [1.165, 1.54) is 22.3 Å². The summed E-state index contributed by atoms with van der Waals surface area (Å²) >= 11 is 0. The first-order chi connectivity index (χ1) is 8.69. The van der Waals surface area contributed by atoms with Crippen LogP contribution < -0.4 is 0 Å². The molecule has 0 aliphatic rings. The molecule has 2 aromatic rings. The van der Waals surface area contributed by atoms with Crippen LogP contribution in [-0.2, 0) is 6.54 Å². The van der Waals surface area contributed by atoms with Gasteiger partial charge in [0, 0.05) is 6.54 Å². The average Bonchev–Trinajstić information content (AvgIpc) is 2.40. The van der Waals surface area contributed by atoms with Crippen molar-refractivity contribution < 1.29 is 0 Å². The lowest BCUT2D eigenvalue weighted by atomic mass is 10.0. The third kappa shape index (κ3) is 3.21. The van der Waals surface area contributed by atoms with Gasteiger partial charge < -0.3 is 4.90 Å². The lowest BCUT2D eigenvalue weighted by Gasteiger charge is -2.14. The van der Waals surface area contributed by atoms with E-state index < -0.39 is 0 Å². The Labute approximate surface area is 110 Å². The van der Waals surface area contributed by atoms with Crippen LogP contribution in [0.25, 0.3) is 11.1 Å². The fourth-order valence-electron chi connectivity index (χ4n) is 1.97. The standard InChI is InChI=1S/C17H21N/c1-4-18(3)13-15-7-11-17(12-8-15)16-9-5-14(2)6-10-16/h5-12H,4,13H2,1-3H3. The summed E-state index contributed by atoms with van der Waals surface area (Å²) in [5, 5.41) is 0. The van der Waals surface area contributed by atoms with Gasteiger partial charge in [-0.3, -0.25) is 0 Å². The first-order valence-electron chi connectivity index (χ1n) is 6.53. The van der Waals surface area contributed by atoms with Crippen LogP contribution in [0, 0.1) is 6.92 Å². The van der Waals surface area contributed by atoms with E-state index in [9.17, 15) is 0 Å². The summed E-state index contributed by atoms with van der Waals surface area (Å²) in [5.74, 6) is 0. The Hall–Kier alpha value is -1.60. The molecule has 0 aliphatic heterocycles. The van der Waals surface area contributed by atoms with Crippen molar-refractivity contribution in [2.24, 2.45) is 0 Å². The van der Waals surface area contributed by atoms with Gasteiger partial charge in [-0.25, -0.2) is 0 Å². The summed E-state index contributed by atoms with van der Waals surface area (Å²) in [6.45, 7) is 6.40. The second kappa shape index (κ2) is 5.83. The number of hydrogen-bond acceptors (Lipinski definition) is 1. The molecule has 0 radical (unpaired) electrons. The minimum Gasteiger partial charge on any atom is -0.302 e. The molecule has 0 fully saturated rings. The van der Waals surface area contributed by atoms with Crippen molar-refractivity contribution in [2.45, 2.75) is 20.4 Å². The van der Waals surface area contributed by atoms with E-state index in [2.05, 4.69) is 74.3 Å². The molecule has 0 saturated heterocycles. The zero-order chi connectivity index (χ0) is 13.0. The monoisotopic (exact) mass is 239 g/mol. The van der Waals surface area contributed by atoms with Gasteiger partial charge in [0.25, 0.3) is 0 Å². The lowest BCUT2D eigenvalue weighted by Crippen LogP contribution is -2.16. The topological polar surface area (TPSA) is 3.24 Å². The molecule has 0 atom stereocenters. The summed E-state index contributed by atoms with van der Waals surface area (Å²) in [4.78, 5) is 2.31. The molecule has 0 aliphatic carbocycles. The van der Waals surface area contributed by atoms with Crippen LogP contribution in [0.15, 0.2) is 48.5 Å². The maximum absolute atomic E-state index is 2.31. The molecular formula is C17H21N. The van der Waals surface area contributed by atoms with Crippen LogP contribution in [-0.4, -0.2) is 18.5 Å². The van der Waals surface area contributed by atoms with E-state index in [1.54, 1.807) is 0 Å². The smallest absolute Gasteiger partial charge is 0.0230 e. The third-order valence-electron chi connectivity index (χ3n) is 3.33. The minimum absolute atomic E-state index is 1.02. The van der Waals surface area contributed by atoms with E-state index in [1.807, 2.05) is 0 Å². The Balaban J connectivity index is 2.14. The highest BCUT2D eigenvalue weighted by Crippen LogP contribution is 2.20. The molecule has 0 heterocycles. The first-order valence-corrected chi connectivity index (χ1v) is 6.53. The summed E-state index contributed by atoms with van der Waals surface area (Å²) in [6.07, 6.45) is 0. The molecule has 0 aromatic heterocycles. The quantitative estimate of drug-likeness (QED) is 0.776. The largest absolute Gasteiger partial charge is 0.302 e. The van der Waals surface area contributed by atoms with Gasteiger partial charge in [-0.1, -0.05) is 61.0 Å². The van der Waals surface area contributed by atoms with Gasteiger partial charge in [0.15, 0.2) is 0 Å². The van der Waals surface area contributed by atoms with Gasteiger partial charge in [0.2, 0.25) is 0 Å². The fraction of sp³-hybridized carbons (Fsp3) is 0.294. The highest BCUT2D eigenvalue weighted by atomic mass is 15.1. The molecule has 0 N–H and O–H groups in total. The van der Waals surface area contributed by atoms with Gasteiger partial charge in [-0.05, 0) is 37.2 Å². The van der Waals surface area contributed by atoms with E-state index in [0.29, 0.717) is 0 Å². The Kier molecular flexibility index (Phi) is 4.16. The van der Waals surface area contributed by atoms with E-state index in [0.717, 1.165) is 13.1 Å².